The monoisotopic (exact) mass is 335 g/mol. The summed E-state index contributed by atoms with van der Waals surface area (Å²) in [6.45, 7) is 5.26. The topological polar surface area (TPSA) is 110 Å². The summed E-state index contributed by atoms with van der Waals surface area (Å²) >= 11 is 1.08. The molecule has 9 heteroatoms. The Hall–Kier alpha value is -2.42. The summed E-state index contributed by atoms with van der Waals surface area (Å²) in [5.41, 5.74) is 0.695. The van der Waals surface area contributed by atoms with Gasteiger partial charge in [0.15, 0.2) is 0 Å². The van der Waals surface area contributed by atoms with Crippen LogP contribution in [0.15, 0.2) is 34.2 Å². The van der Waals surface area contributed by atoms with Crippen LogP contribution in [0.3, 0.4) is 0 Å². The van der Waals surface area contributed by atoms with E-state index in [0.717, 1.165) is 11.8 Å². The third-order valence-electron chi connectivity index (χ3n) is 2.62. The van der Waals surface area contributed by atoms with Crippen LogP contribution in [0, 0.1) is 0 Å². The van der Waals surface area contributed by atoms with Gasteiger partial charge in [0.25, 0.3) is 5.22 Å². The Morgan fingerprint density at radius 1 is 1.26 bits per heavy atom. The molecule has 122 valence electrons. The molecule has 8 nitrogen and oxygen atoms in total. The summed E-state index contributed by atoms with van der Waals surface area (Å²) in [5.74, 6) is -0.111. The van der Waals surface area contributed by atoms with Crippen LogP contribution in [0.4, 0.5) is 4.79 Å². The number of hydrogen-bond donors (Lipinski definition) is 2. The quantitative estimate of drug-likeness (QED) is 0.802. The highest BCUT2D eigenvalue weighted by atomic mass is 32.2. The van der Waals surface area contributed by atoms with Crippen LogP contribution in [-0.4, -0.2) is 38.4 Å². The van der Waals surface area contributed by atoms with Gasteiger partial charge in [-0.05, 0) is 32.9 Å². The number of aromatic nitrogens is 3. The first-order valence-electron chi connectivity index (χ1n) is 6.97. The van der Waals surface area contributed by atoms with E-state index in [0.29, 0.717) is 11.5 Å². The molecule has 23 heavy (non-hydrogen) atoms. The fourth-order valence-electron chi connectivity index (χ4n) is 1.58. The van der Waals surface area contributed by atoms with Crippen LogP contribution in [-0.2, 0) is 4.79 Å². The first-order chi connectivity index (χ1) is 11.0. The van der Waals surface area contributed by atoms with Gasteiger partial charge in [0.1, 0.15) is 0 Å². The van der Waals surface area contributed by atoms with Gasteiger partial charge in [-0.1, -0.05) is 11.8 Å². The second-order valence-electron chi connectivity index (χ2n) is 4.99. The maximum Gasteiger partial charge on any atom is 0.321 e. The molecule has 0 saturated carbocycles. The second-order valence-corrected chi connectivity index (χ2v) is 6.28. The molecule has 0 unspecified atom stereocenters. The van der Waals surface area contributed by atoms with E-state index < -0.39 is 17.2 Å². The number of rotatable bonds is 5. The Bertz CT molecular complexity index is 674. The van der Waals surface area contributed by atoms with Gasteiger partial charge in [-0.3, -0.25) is 15.1 Å². The van der Waals surface area contributed by atoms with Crippen LogP contribution in [0.5, 0.6) is 0 Å². The van der Waals surface area contributed by atoms with E-state index in [-0.39, 0.29) is 11.3 Å². The van der Waals surface area contributed by atoms with Crippen molar-refractivity contribution in [1.29, 1.82) is 0 Å². The van der Waals surface area contributed by atoms with E-state index in [1.54, 1.807) is 45.3 Å². The molecule has 0 aliphatic carbocycles. The van der Waals surface area contributed by atoms with Gasteiger partial charge in [0.2, 0.25) is 11.8 Å². The van der Waals surface area contributed by atoms with E-state index in [1.807, 2.05) is 0 Å². The maximum atomic E-state index is 11.9. The molecule has 2 aromatic heterocycles. The van der Waals surface area contributed by atoms with Gasteiger partial charge in [0.05, 0.1) is 10.8 Å². The molecular weight excluding hydrogens is 318 g/mol. The number of pyridine rings is 1. The average molecular weight is 335 g/mol. The van der Waals surface area contributed by atoms with E-state index in [1.165, 1.54) is 0 Å². The van der Waals surface area contributed by atoms with Gasteiger partial charge in [0, 0.05) is 18.4 Å². The Kier molecular flexibility index (Phi) is 5.69. The minimum atomic E-state index is -0.560. The molecule has 0 fully saturated rings. The smallest absolute Gasteiger partial charge is 0.321 e. The highest BCUT2D eigenvalue weighted by Gasteiger charge is 2.20. The summed E-state index contributed by atoms with van der Waals surface area (Å²) in [6.07, 6.45) is 3.25. The Morgan fingerprint density at radius 2 is 2.04 bits per heavy atom. The molecule has 0 bridgehead atoms. The lowest BCUT2D eigenvalue weighted by molar-refractivity contribution is -0.119. The third-order valence-corrected chi connectivity index (χ3v) is 3.55. The second kappa shape index (κ2) is 7.73. The molecule has 2 rings (SSSR count). The standard InChI is InChI=1S/C14H17N5O3S/c1-8(2)16-13(21)17-11(20)9(3)23-14-19-18-12(22-14)10-5-4-6-15-7-10/h4-9H,1-3H3,(H2,16,17,20,21)/t9-/m1/s1. The van der Waals surface area contributed by atoms with Gasteiger partial charge in [-0.25, -0.2) is 4.79 Å². The Morgan fingerprint density at radius 3 is 2.70 bits per heavy atom. The minimum absolute atomic E-state index is 0.0521. The van der Waals surface area contributed by atoms with E-state index >= 15 is 0 Å². The van der Waals surface area contributed by atoms with Gasteiger partial charge in [-0.2, -0.15) is 0 Å². The number of urea groups is 1. The molecule has 0 saturated heterocycles. The van der Waals surface area contributed by atoms with Crippen LogP contribution in [0.2, 0.25) is 0 Å². The number of hydrogen-bond acceptors (Lipinski definition) is 7. The zero-order valence-corrected chi connectivity index (χ0v) is 13.8. The van der Waals surface area contributed by atoms with Crippen molar-refractivity contribution >= 4 is 23.7 Å². The average Bonchev–Trinajstić information content (AvgIpc) is 2.95. The zero-order chi connectivity index (χ0) is 16.8. The fourth-order valence-corrected chi connectivity index (χ4v) is 2.26. The predicted octanol–water partition coefficient (Wildman–Crippen LogP) is 1.85. The van der Waals surface area contributed by atoms with E-state index in [2.05, 4.69) is 25.8 Å². The molecule has 0 aliphatic heterocycles. The van der Waals surface area contributed by atoms with Gasteiger partial charge < -0.3 is 9.73 Å². The van der Waals surface area contributed by atoms with Crippen molar-refractivity contribution in [2.75, 3.05) is 0 Å². The number of carbonyl (C=O) groups is 2. The Balaban J connectivity index is 1.93. The van der Waals surface area contributed by atoms with Crippen LogP contribution >= 0.6 is 11.8 Å². The summed E-state index contributed by atoms with van der Waals surface area (Å²) in [7, 11) is 0. The molecular formula is C14H17N5O3S. The Labute approximate surface area is 137 Å². The van der Waals surface area contributed by atoms with Crippen LogP contribution in [0.1, 0.15) is 20.8 Å². The van der Waals surface area contributed by atoms with Crippen LogP contribution in [0.25, 0.3) is 11.5 Å². The number of carbonyl (C=O) groups excluding carboxylic acids is 2. The molecule has 0 aromatic carbocycles. The number of nitrogens with zero attached hydrogens (tertiary/aromatic N) is 3. The van der Waals surface area contributed by atoms with Crippen molar-refractivity contribution in [1.82, 2.24) is 25.8 Å². The number of amides is 3. The summed E-state index contributed by atoms with van der Waals surface area (Å²) < 4.78 is 5.48. The van der Waals surface area contributed by atoms with Crippen molar-refractivity contribution < 1.29 is 14.0 Å². The van der Waals surface area contributed by atoms with E-state index in [4.69, 9.17) is 4.42 Å². The number of imide groups is 1. The summed E-state index contributed by atoms with van der Waals surface area (Å²) in [4.78, 5) is 27.4. The lowest BCUT2D eigenvalue weighted by Gasteiger charge is -2.11. The normalized spacial score (nSPS) is 12.0. The highest BCUT2D eigenvalue weighted by molar-refractivity contribution is 8.00. The SMILES string of the molecule is CC(C)NC(=O)NC(=O)[C@@H](C)Sc1nnc(-c2cccnc2)o1. The molecule has 3 amide bonds. The number of nitrogens with one attached hydrogen (secondary N) is 2. The molecule has 2 N–H and O–H groups in total. The first kappa shape index (κ1) is 16.9. The third kappa shape index (κ3) is 5.06. The lowest BCUT2D eigenvalue weighted by atomic mass is 10.3. The highest BCUT2D eigenvalue weighted by Crippen LogP contribution is 2.25. The fraction of sp³-hybridized carbons (Fsp3) is 0.357. The summed E-state index contributed by atoms with van der Waals surface area (Å²) in [6, 6.07) is 2.97. The van der Waals surface area contributed by atoms with Gasteiger partial charge >= 0.3 is 6.03 Å². The van der Waals surface area contributed by atoms with Crippen molar-refractivity contribution in [3.63, 3.8) is 0 Å². The van der Waals surface area contributed by atoms with Crippen molar-refractivity contribution in [3.05, 3.63) is 24.5 Å². The maximum absolute atomic E-state index is 11.9. The van der Waals surface area contributed by atoms with Crippen molar-refractivity contribution in [3.8, 4) is 11.5 Å². The molecule has 1 atom stereocenters. The minimum Gasteiger partial charge on any atom is -0.411 e. The molecule has 0 aliphatic rings. The van der Waals surface area contributed by atoms with Crippen LogP contribution < -0.4 is 10.6 Å². The molecule has 0 spiro atoms. The summed E-state index contributed by atoms with van der Waals surface area (Å²) in [5, 5.41) is 12.3. The molecule has 0 radical (unpaired) electrons. The largest absolute Gasteiger partial charge is 0.411 e. The molecule has 2 heterocycles. The lowest BCUT2D eigenvalue weighted by Crippen LogP contribution is -2.45. The van der Waals surface area contributed by atoms with E-state index in [9.17, 15) is 9.59 Å². The molecule has 2 aromatic rings. The van der Waals surface area contributed by atoms with Crippen molar-refractivity contribution in [2.24, 2.45) is 0 Å². The predicted molar refractivity (Wildman–Crippen MR) is 84.7 cm³/mol. The van der Waals surface area contributed by atoms with Gasteiger partial charge in [-0.15, -0.1) is 10.2 Å². The van der Waals surface area contributed by atoms with Crippen molar-refractivity contribution in [2.45, 2.75) is 37.3 Å². The zero-order valence-electron chi connectivity index (χ0n) is 12.9. The first-order valence-corrected chi connectivity index (χ1v) is 7.85. The number of thioether (sulfide) groups is 1.